The number of hydrogen-bond acceptors (Lipinski definition) is 4. The summed E-state index contributed by atoms with van der Waals surface area (Å²) >= 11 is 0. The van der Waals surface area contributed by atoms with Gasteiger partial charge in [0.15, 0.2) is 11.8 Å². The Kier molecular flexibility index (Phi) is 5.95. The van der Waals surface area contributed by atoms with Gasteiger partial charge in [-0.25, -0.2) is 4.99 Å². The number of nitrogens with zero attached hydrogens (tertiary/aromatic N) is 6. The molecular formula is C20H35N7. The van der Waals surface area contributed by atoms with Gasteiger partial charge in [-0.3, -0.25) is 4.90 Å². The second-order valence-corrected chi connectivity index (χ2v) is 8.47. The summed E-state index contributed by atoms with van der Waals surface area (Å²) in [5, 5.41) is 12.3. The Balaban J connectivity index is 1.45. The minimum atomic E-state index is 0.574. The van der Waals surface area contributed by atoms with Crippen LogP contribution in [0.2, 0.25) is 0 Å². The second-order valence-electron chi connectivity index (χ2n) is 8.47. The average Bonchev–Trinajstić information content (AvgIpc) is 3.43. The van der Waals surface area contributed by atoms with Gasteiger partial charge in [-0.05, 0) is 52.1 Å². The van der Waals surface area contributed by atoms with Crippen LogP contribution >= 0.6 is 0 Å². The fourth-order valence-electron chi connectivity index (χ4n) is 4.74. The minimum absolute atomic E-state index is 0.574. The van der Waals surface area contributed by atoms with Crippen molar-refractivity contribution in [1.82, 2.24) is 29.9 Å². The number of likely N-dealkylation sites (tertiary alicyclic amines) is 2. The fourth-order valence-corrected chi connectivity index (χ4v) is 4.74. The van der Waals surface area contributed by atoms with Gasteiger partial charge in [0.1, 0.15) is 12.4 Å². The second kappa shape index (κ2) is 8.59. The molecule has 1 N–H and O–H groups in total. The van der Waals surface area contributed by atoms with Crippen LogP contribution in [0.25, 0.3) is 0 Å². The monoisotopic (exact) mass is 373 g/mol. The van der Waals surface area contributed by atoms with Crippen molar-refractivity contribution in [1.29, 1.82) is 0 Å². The van der Waals surface area contributed by atoms with Crippen molar-refractivity contribution in [2.24, 2.45) is 12.0 Å². The molecule has 7 heteroatoms. The van der Waals surface area contributed by atoms with E-state index in [2.05, 4.69) is 25.3 Å². The molecule has 1 unspecified atom stereocenters. The first-order valence-corrected chi connectivity index (χ1v) is 10.9. The molecule has 4 rings (SSSR count). The zero-order chi connectivity index (χ0) is 18.6. The maximum atomic E-state index is 4.99. The number of hydrogen-bond donors (Lipinski definition) is 1. The Morgan fingerprint density at radius 2 is 1.81 bits per heavy atom. The molecule has 0 aromatic carbocycles. The number of aryl methyl sites for hydroxylation is 1. The predicted octanol–water partition coefficient (Wildman–Crippen LogP) is 2.07. The average molecular weight is 374 g/mol. The summed E-state index contributed by atoms with van der Waals surface area (Å²) in [4.78, 5) is 10.2. The molecule has 27 heavy (non-hydrogen) atoms. The van der Waals surface area contributed by atoms with Gasteiger partial charge in [-0.2, -0.15) is 0 Å². The van der Waals surface area contributed by atoms with Crippen LogP contribution < -0.4 is 5.32 Å². The molecule has 3 fully saturated rings. The van der Waals surface area contributed by atoms with Crippen molar-refractivity contribution in [3.8, 4) is 0 Å². The van der Waals surface area contributed by atoms with Crippen LogP contribution in [-0.2, 0) is 13.6 Å². The molecule has 2 aliphatic heterocycles. The molecule has 1 aromatic heterocycles. The van der Waals surface area contributed by atoms with E-state index in [9.17, 15) is 0 Å². The first-order chi connectivity index (χ1) is 13.2. The highest BCUT2D eigenvalue weighted by atomic mass is 15.4. The first kappa shape index (κ1) is 18.7. The number of rotatable bonds is 4. The molecule has 3 aliphatic rings. The van der Waals surface area contributed by atoms with E-state index in [0.717, 1.165) is 30.7 Å². The summed E-state index contributed by atoms with van der Waals surface area (Å²) in [5.41, 5.74) is 0. The number of aromatic nitrogens is 3. The maximum absolute atomic E-state index is 4.99. The van der Waals surface area contributed by atoms with Gasteiger partial charge < -0.3 is 14.8 Å². The van der Waals surface area contributed by atoms with Crippen molar-refractivity contribution in [3.63, 3.8) is 0 Å². The lowest BCUT2D eigenvalue weighted by atomic mass is 9.96. The van der Waals surface area contributed by atoms with E-state index in [1.54, 1.807) is 0 Å². The smallest absolute Gasteiger partial charge is 0.194 e. The van der Waals surface area contributed by atoms with Gasteiger partial charge in [0, 0.05) is 32.2 Å². The van der Waals surface area contributed by atoms with Crippen LogP contribution in [-0.4, -0.2) is 68.8 Å². The largest absolute Gasteiger partial charge is 0.353 e. The van der Waals surface area contributed by atoms with Crippen LogP contribution in [0.1, 0.15) is 63.0 Å². The zero-order valence-electron chi connectivity index (χ0n) is 17.0. The summed E-state index contributed by atoms with van der Waals surface area (Å²) in [6, 6.07) is 1.27. The topological polar surface area (TPSA) is 61.6 Å². The predicted molar refractivity (Wildman–Crippen MR) is 108 cm³/mol. The third kappa shape index (κ3) is 4.45. The molecule has 1 aromatic rings. The van der Waals surface area contributed by atoms with Gasteiger partial charge in [0.05, 0.1) is 0 Å². The Hall–Kier alpha value is -1.63. The molecule has 1 aliphatic carbocycles. The van der Waals surface area contributed by atoms with Crippen molar-refractivity contribution in [2.75, 3.05) is 26.2 Å². The van der Waals surface area contributed by atoms with Crippen molar-refractivity contribution in [2.45, 2.75) is 76.9 Å². The number of guanidine groups is 1. The van der Waals surface area contributed by atoms with E-state index in [4.69, 9.17) is 4.99 Å². The zero-order valence-corrected chi connectivity index (χ0v) is 17.0. The molecule has 0 spiro atoms. The third-order valence-electron chi connectivity index (χ3n) is 6.61. The van der Waals surface area contributed by atoms with Gasteiger partial charge >= 0.3 is 0 Å². The Morgan fingerprint density at radius 3 is 2.52 bits per heavy atom. The summed E-state index contributed by atoms with van der Waals surface area (Å²) in [7, 11) is 2.02. The summed E-state index contributed by atoms with van der Waals surface area (Å²) in [6.45, 7) is 7.35. The van der Waals surface area contributed by atoms with Gasteiger partial charge in [0.2, 0.25) is 0 Å². The normalized spacial score (nSPS) is 25.5. The molecule has 0 bridgehead atoms. The third-order valence-corrected chi connectivity index (χ3v) is 6.61. The summed E-state index contributed by atoms with van der Waals surface area (Å²) in [6.07, 6.45) is 10.6. The lowest BCUT2D eigenvalue weighted by Gasteiger charge is -2.30. The lowest BCUT2D eigenvalue weighted by molar-refractivity contribution is 0.248. The molecule has 0 amide bonds. The van der Waals surface area contributed by atoms with E-state index in [1.165, 1.54) is 64.5 Å². The highest BCUT2D eigenvalue weighted by Crippen LogP contribution is 2.22. The van der Waals surface area contributed by atoms with Crippen LogP contribution in [0.15, 0.2) is 4.99 Å². The van der Waals surface area contributed by atoms with E-state index >= 15 is 0 Å². The number of aliphatic imine (C=N–C) groups is 1. The van der Waals surface area contributed by atoms with Crippen molar-refractivity contribution in [3.05, 3.63) is 11.6 Å². The molecule has 0 radical (unpaired) electrons. The molecule has 1 saturated carbocycles. The molecular weight excluding hydrogens is 338 g/mol. The van der Waals surface area contributed by atoms with E-state index in [-0.39, 0.29) is 0 Å². The van der Waals surface area contributed by atoms with E-state index < -0.39 is 0 Å². The fraction of sp³-hybridized carbons (Fsp3) is 0.850. The SMILES string of the molecule is Cc1nnc(CN=C(NC2CCCCC2)N2CCC(N3CCCC3)C2)n1C. The molecule has 1 atom stereocenters. The van der Waals surface area contributed by atoms with Crippen LogP contribution in [0.5, 0.6) is 0 Å². The first-order valence-electron chi connectivity index (χ1n) is 10.9. The molecule has 7 nitrogen and oxygen atoms in total. The molecule has 150 valence electrons. The summed E-state index contributed by atoms with van der Waals surface area (Å²) < 4.78 is 2.04. The van der Waals surface area contributed by atoms with E-state index in [1.807, 2.05) is 18.5 Å². The standard InChI is InChI=1S/C20H35N7/c1-16-23-24-19(25(16)2)14-21-20(22-17-8-4-3-5-9-17)27-13-10-18(15-27)26-11-6-7-12-26/h17-18H,3-15H2,1-2H3,(H,21,22). The Bertz CT molecular complexity index is 641. The van der Waals surface area contributed by atoms with Crippen LogP contribution in [0, 0.1) is 6.92 Å². The Morgan fingerprint density at radius 1 is 1.04 bits per heavy atom. The van der Waals surface area contributed by atoms with Crippen molar-refractivity contribution < 1.29 is 0 Å². The van der Waals surface area contributed by atoms with Gasteiger partial charge in [-0.15, -0.1) is 10.2 Å². The molecule has 3 heterocycles. The quantitative estimate of drug-likeness (QED) is 0.647. The summed E-state index contributed by atoms with van der Waals surface area (Å²) in [5.74, 6) is 2.97. The lowest BCUT2D eigenvalue weighted by Crippen LogP contribution is -2.47. The number of nitrogens with one attached hydrogen (secondary N) is 1. The highest BCUT2D eigenvalue weighted by molar-refractivity contribution is 5.80. The maximum Gasteiger partial charge on any atom is 0.194 e. The molecule has 2 saturated heterocycles. The van der Waals surface area contributed by atoms with Crippen LogP contribution in [0.4, 0.5) is 0 Å². The highest BCUT2D eigenvalue weighted by Gasteiger charge is 2.31. The van der Waals surface area contributed by atoms with E-state index in [0.29, 0.717) is 18.6 Å². The van der Waals surface area contributed by atoms with Gasteiger partial charge in [-0.1, -0.05) is 19.3 Å². The Labute approximate surface area is 163 Å². The van der Waals surface area contributed by atoms with Crippen LogP contribution in [0.3, 0.4) is 0 Å². The van der Waals surface area contributed by atoms with Gasteiger partial charge in [0.25, 0.3) is 0 Å². The minimum Gasteiger partial charge on any atom is -0.353 e. The van der Waals surface area contributed by atoms with Crippen molar-refractivity contribution >= 4 is 5.96 Å².